The minimum absolute atomic E-state index is 0.467. The summed E-state index contributed by atoms with van der Waals surface area (Å²) in [6, 6.07) is 18.9. The summed E-state index contributed by atoms with van der Waals surface area (Å²) < 4.78 is 6.98. The van der Waals surface area contributed by atoms with Crippen LogP contribution in [0.25, 0.3) is 0 Å². The molecule has 3 aromatic rings. The molecule has 2 nitrogen and oxygen atoms in total. The highest BCUT2D eigenvalue weighted by molar-refractivity contribution is 9.10. The summed E-state index contributed by atoms with van der Waals surface area (Å²) in [5.74, 6) is 0.809. The van der Waals surface area contributed by atoms with Crippen molar-refractivity contribution < 1.29 is 4.74 Å². The average Bonchev–Trinajstić information content (AvgIpc) is 2.60. The Morgan fingerprint density at radius 2 is 1.50 bits per heavy atom. The van der Waals surface area contributed by atoms with Gasteiger partial charge >= 0.3 is 0 Å². The van der Waals surface area contributed by atoms with Crippen molar-refractivity contribution in [1.82, 2.24) is 0 Å². The molecule has 6 heteroatoms. The van der Waals surface area contributed by atoms with Gasteiger partial charge in [-0.15, -0.1) is 0 Å². The highest BCUT2D eigenvalue weighted by Crippen LogP contribution is 2.27. The Morgan fingerprint density at radius 3 is 2.19 bits per heavy atom. The van der Waals surface area contributed by atoms with E-state index in [9.17, 15) is 0 Å². The molecule has 3 rings (SSSR count). The quantitative estimate of drug-likeness (QED) is 0.400. The molecule has 0 amide bonds. The zero-order valence-electron chi connectivity index (χ0n) is 13.6. The molecule has 0 saturated heterocycles. The SMILES string of the molecule is Clc1ccc(COc2ccc(Br)cc2CNc2cc(Cl)cc(Cl)c2)cc1. The third-order valence-corrected chi connectivity index (χ3v) is 4.86. The van der Waals surface area contributed by atoms with E-state index in [2.05, 4.69) is 21.2 Å². The first kappa shape index (κ1) is 19.4. The topological polar surface area (TPSA) is 21.3 Å². The maximum absolute atomic E-state index is 6.05. The standard InChI is InChI=1S/C20H15BrCl3NO/c21-15-3-6-20(26-12-13-1-4-16(22)5-2-13)14(7-15)11-25-19-9-17(23)8-18(24)10-19/h1-10,25H,11-12H2. The number of nitrogens with one attached hydrogen (secondary N) is 1. The predicted octanol–water partition coefficient (Wildman–Crippen LogP) is 7.60. The van der Waals surface area contributed by atoms with Crippen LogP contribution in [0, 0.1) is 0 Å². The van der Waals surface area contributed by atoms with Crippen molar-refractivity contribution in [3.05, 3.63) is 91.3 Å². The Labute approximate surface area is 176 Å². The van der Waals surface area contributed by atoms with Gasteiger partial charge in [-0.3, -0.25) is 0 Å². The largest absolute Gasteiger partial charge is 0.489 e. The Kier molecular flexibility index (Phi) is 6.71. The van der Waals surface area contributed by atoms with Crippen molar-refractivity contribution in [3.63, 3.8) is 0 Å². The summed E-state index contributed by atoms with van der Waals surface area (Å²) in [7, 11) is 0. The molecule has 0 unspecified atom stereocenters. The van der Waals surface area contributed by atoms with E-state index in [1.807, 2.05) is 54.6 Å². The number of rotatable bonds is 6. The van der Waals surface area contributed by atoms with Gasteiger partial charge in [0.15, 0.2) is 0 Å². The molecular weight excluding hydrogens is 456 g/mol. The number of halogens is 4. The van der Waals surface area contributed by atoms with Crippen LogP contribution in [0.1, 0.15) is 11.1 Å². The molecule has 0 fully saturated rings. The Morgan fingerprint density at radius 1 is 0.808 bits per heavy atom. The van der Waals surface area contributed by atoms with E-state index < -0.39 is 0 Å². The second-order valence-electron chi connectivity index (χ2n) is 5.68. The fourth-order valence-corrected chi connectivity index (χ4v) is 3.48. The molecule has 0 saturated carbocycles. The van der Waals surface area contributed by atoms with Crippen molar-refractivity contribution in [2.75, 3.05) is 5.32 Å². The molecule has 134 valence electrons. The van der Waals surface area contributed by atoms with Crippen molar-refractivity contribution >= 4 is 56.4 Å². The first-order chi connectivity index (χ1) is 12.5. The first-order valence-corrected chi connectivity index (χ1v) is 9.78. The van der Waals surface area contributed by atoms with Crippen LogP contribution in [0.3, 0.4) is 0 Å². The van der Waals surface area contributed by atoms with Crippen LogP contribution in [0.4, 0.5) is 5.69 Å². The van der Waals surface area contributed by atoms with Crippen molar-refractivity contribution in [3.8, 4) is 5.75 Å². The van der Waals surface area contributed by atoms with E-state index in [0.29, 0.717) is 28.2 Å². The van der Waals surface area contributed by atoms with Gasteiger partial charge in [0, 0.05) is 37.3 Å². The van der Waals surface area contributed by atoms with Gasteiger partial charge in [-0.2, -0.15) is 0 Å². The van der Waals surface area contributed by atoms with E-state index in [4.69, 9.17) is 39.5 Å². The average molecular weight is 472 g/mol. The van der Waals surface area contributed by atoms with Gasteiger partial charge in [0.05, 0.1) is 0 Å². The minimum Gasteiger partial charge on any atom is -0.489 e. The van der Waals surface area contributed by atoms with Gasteiger partial charge in [-0.25, -0.2) is 0 Å². The van der Waals surface area contributed by atoms with Gasteiger partial charge in [-0.1, -0.05) is 62.9 Å². The molecule has 0 aliphatic carbocycles. The smallest absolute Gasteiger partial charge is 0.124 e. The molecule has 0 bridgehead atoms. The molecule has 26 heavy (non-hydrogen) atoms. The van der Waals surface area contributed by atoms with E-state index in [0.717, 1.165) is 27.0 Å². The van der Waals surface area contributed by atoms with E-state index in [1.54, 1.807) is 6.07 Å². The van der Waals surface area contributed by atoms with Crippen LogP contribution < -0.4 is 10.1 Å². The molecule has 1 N–H and O–H groups in total. The molecule has 0 heterocycles. The molecular formula is C20H15BrCl3NO. The highest BCUT2D eigenvalue weighted by atomic mass is 79.9. The van der Waals surface area contributed by atoms with Crippen LogP contribution >= 0.6 is 50.7 Å². The number of benzene rings is 3. The van der Waals surface area contributed by atoms with Crippen LogP contribution in [0.15, 0.2) is 65.1 Å². The minimum atomic E-state index is 0.467. The van der Waals surface area contributed by atoms with Crippen LogP contribution in [-0.4, -0.2) is 0 Å². The van der Waals surface area contributed by atoms with E-state index in [-0.39, 0.29) is 0 Å². The molecule has 0 aromatic heterocycles. The van der Waals surface area contributed by atoms with Crippen molar-refractivity contribution in [1.29, 1.82) is 0 Å². The summed E-state index contributed by atoms with van der Waals surface area (Å²) in [6.45, 7) is 1.04. The van der Waals surface area contributed by atoms with E-state index in [1.165, 1.54) is 0 Å². The van der Waals surface area contributed by atoms with Crippen LogP contribution in [-0.2, 0) is 13.2 Å². The fraction of sp³-hybridized carbons (Fsp3) is 0.100. The lowest BCUT2D eigenvalue weighted by molar-refractivity contribution is 0.303. The molecule has 3 aromatic carbocycles. The summed E-state index contributed by atoms with van der Waals surface area (Å²) in [6.07, 6.45) is 0. The second kappa shape index (κ2) is 9.01. The van der Waals surface area contributed by atoms with Gasteiger partial charge in [0.25, 0.3) is 0 Å². The molecule has 0 radical (unpaired) electrons. The lowest BCUT2D eigenvalue weighted by Crippen LogP contribution is -2.04. The van der Waals surface area contributed by atoms with Gasteiger partial charge in [0.1, 0.15) is 12.4 Å². The lowest BCUT2D eigenvalue weighted by atomic mass is 10.2. The number of hydrogen-bond acceptors (Lipinski definition) is 2. The maximum atomic E-state index is 6.05. The van der Waals surface area contributed by atoms with E-state index >= 15 is 0 Å². The third kappa shape index (κ3) is 5.55. The summed E-state index contributed by atoms with van der Waals surface area (Å²) >= 11 is 21.5. The zero-order valence-corrected chi connectivity index (χ0v) is 17.5. The van der Waals surface area contributed by atoms with Crippen LogP contribution in [0.5, 0.6) is 5.75 Å². The fourth-order valence-electron chi connectivity index (χ4n) is 2.42. The molecule has 0 spiro atoms. The molecule has 0 aliphatic heterocycles. The molecule has 0 aliphatic rings. The number of anilines is 1. The van der Waals surface area contributed by atoms with Crippen molar-refractivity contribution in [2.45, 2.75) is 13.2 Å². The van der Waals surface area contributed by atoms with Crippen LogP contribution in [0.2, 0.25) is 15.1 Å². The van der Waals surface area contributed by atoms with Gasteiger partial charge in [-0.05, 0) is 54.1 Å². The number of hydrogen-bond donors (Lipinski definition) is 1. The normalized spacial score (nSPS) is 10.6. The maximum Gasteiger partial charge on any atom is 0.124 e. The summed E-state index contributed by atoms with van der Waals surface area (Å²) in [5, 5.41) is 5.22. The Bertz CT molecular complexity index is 880. The molecule has 0 atom stereocenters. The van der Waals surface area contributed by atoms with Gasteiger partial charge in [0.2, 0.25) is 0 Å². The zero-order chi connectivity index (χ0) is 18.5. The summed E-state index contributed by atoms with van der Waals surface area (Å²) in [4.78, 5) is 0. The predicted molar refractivity (Wildman–Crippen MR) is 114 cm³/mol. The first-order valence-electron chi connectivity index (χ1n) is 7.85. The van der Waals surface area contributed by atoms with Crippen molar-refractivity contribution in [2.24, 2.45) is 0 Å². The van der Waals surface area contributed by atoms with Gasteiger partial charge < -0.3 is 10.1 Å². The third-order valence-electron chi connectivity index (χ3n) is 3.68. The number of ether oxygens (including phenoxy) is 1. The monoisotopic (exact) mass is 469 g/mol. The Balaban J connectivity index is 1.71. The highest BCUT2D eigenvalue weighted by Gasteiger charge is 2.07. The lowest BCUT2D eigenvalue weighted by Gasteiger charge is -2.14. The Hall–Kier alpha value is -1.39. The summed E-state index contributed by atoms with van der Waals surface area (Å²) in [5.41, 5.74) is 2.92. The second-order valence-corrected chi connectivity index (χ2v) is 7.90.